The Balaban J connectivity index is 1.43. The second-order valence-electron chi connectivity index (χ2n) is 8.05. The summed E-state index contributed by atoms with van der Waals surface area (Å²) in [4.78, 5) is 17.0. The summed E-state index contributed by atoms with van der Waals surface area (Å²) < 4.78 is 11.5. The molecule has 0 atom stereocenters. The maximum atomic E-state index is 12.7. The van der Waals surface area contributed by atoms with E-state index in [1.807, 2.05) is 38.1 Å². The van der Waals surface area contributed by atoms with Gasteiger partial charge in [0.2, 0.25) is 5.88 Å². The Morgan fingerprint density at radius 1 is 1.25 bits per heavy atom. The number of nitrogens with zero attached hydrogens (tertiary/aromatic N) is 3. The molecule has 0 unspecified atom stereocenters. The van der Waals surface area contributed by atoms with Gasteiger partial charge in [-0.2, -0.15) is 10.2 Å². The second kappa shape index (κ2) is 9.96. The summed E-state index contributed by atoms with van der Waals surface area (Å²) in [6, 6.07) is 10.8. The molecular formula is C24H25ClN4O3. The molecule has 0 spiro atoms. The van der Waals surface area contributed by atoms with Crippen molar-refractivity contribution in [3.63, 3.8) is 0 Å². The van der Waals surface area contributed by atoms with Crippen LogP contribution in [0, 0.1) is 5.92 Å². The summed E-state index contributed by atoms with van der Waals surface area (Å²) in [6.07, 6.45) is 5.52. The zero-order chi connectivity index (χ0) is 22.5. The Labute approximate surface area is 192 Å². The highest BCUT2D eigenvalue weighted by Crippen LogP contribution is 2.33. The van der Waals surface area contributed by atoms with Crippen LogP contribution in [0.1, 0.15) is 42.6 Å². The minimum atomic E-state index is -0.268. The van der Waals surface area contributed by atoms with Gasteiger partial charge in [0.15, 0.2) is 0 Å². The van der Waals surface area contributed by atoms with Gasteiger partial charge in [-0.1, -0.05) is 17.7 Å². The molecule has 1 N–H and O–H groups in total. The number of nitrogens with one attached hydrogen (secondary N) is 1. The normalized spacial score (nSPS) is 13.1. The number of pyridine rings is 1. The average molecular weight is 453 g/mol. The number of halogens is 1. The van der Waals surface area contributed by atoms with Crippen molar-refractivity contribution in [2.75, 3.05) is 6.61 Å². The van der Waals surface area contributed by atoms with Crippen LogP contribution in [0.15, 0.2) is 48.8 Å². The standard InChI is InChI=1S/C24H25ClN4O3/c1-15(2)32-24-18(4-3-9-26-24)12-27-23(30)19-11-21(29-28-13-19)17-7-8-22(20(25)10-17)31-14-16-5-6-16/h3-4,7-11,13,15-16H,5-6,12,14H2,1-2H3,(H,27,30). The lowest BCUT2D eigenvalue weighted by molar-refractivity contribution is 0.0950. The van der Waals surface area contributed by atoms with Crippen molar-refractivity contribution in [2.45, 2.75) is 39.3 Å². The molecule has 32 heavy (non-hydrogen) atoms. The molecule has 4 rings (SSSR count). The number of ether oxygens (including phenoxy) is 2. The van der Waals surface area contributed by atoms with E-state index < -0.39 is 0 Å². The molecule has 166 valence electrons. The van der Waals surface area contributed by atoms with Crippen LogP contribution >= 0.6 is 11.6 Å². The summed E-state index contributed by atoms with van der Waals surface area (Å²) in [5.41, 5.74) is 2.51. The van der Waals surface area contributed by atoms with Crippen LogP contribution in [-0.4, -0.2) is 33.8 Å². The highest BCUT2D eigenvalue weighted by atomic mass is 35.5. The maximum Gasteiger partial charge on any atom is 0.253 e. The van der Waals surface area contributed by atoms with Crippen LogP contribution in [0.5, 0.6) is 11.6 Å². The first-order valence-corrected chi connectivity index (χ1v) is 11.0. The van der Waals surface area contributed by atoms with E-state index in [1.54, 1.807) is 18.3 Å². The molecule has 0 radical (unpaired) electrons. The quantitative estimate of drug-likeness (QED) is 0.506. The lowest BCUT2D eigenvalue weighted by atomic mass is 10.1. The first kappa shape index (κ1) is 22.0. The van der Waals surface area contributed by atoms with E-state index in [9.17, 15) is 4.79 Å². The third-order valence-electron chi connectivity index (χ3n) is 4.95. The summed E-state index contributed by atoms with van der Waals surface area (Å²) in [5.74, 6) is 1.54. The van der Waals surface area contributed by atoms with Gasteiger partial charge in [-0.3, -0.25) is 4.79 Å². The number of amides is 1. The predicted octanol–water partition coefficient (Wildman–Crippen LogP) is 4.70. The van der Waals surface area contributed by atoms with Crippen LogP contribution in [0.4, 0.5) is 0 Å². The van der Waals surface area contributed by atoms with Gasteiger partial charge in [0, 0.05) is 23.9 Å². The van der Waals surface area contributed by atoms with Crippen molar-refractivity contribution in [3.05, 3.63) is 64.9 Å². The van der Waals surface area contributed by atoms with E-state index in [2.05, 4.69) is 20.5 Å². The topological polar surface area (TPSA) is 86.2 Å². The fourth-order valence-corrected chi connectivity index (χ4v) is 3.30. The fraction of sp³-hybridized carbons (Fsp3) is 0.333. The van der Waals surface area contributed by atoms with Gasteiger partial charge in [0.05, 0.1) is 35.2 Å². The molecule has 2 aromatic heterocycles. The van der Waals surface area contributed by atoms with Crippen LogP contribution in [0.3, 0.4) is 0 Å². The molecule has 1 amide bonds. The highest BCUT2D eigenvalue weighted by molar-refractivity contribution is 6.32. The molecule has 1 aliphatic rings. The predicted molar refractivity (Wildman–Crippen MR) is 122 cm³/mol. The van der Waals surface area contributed by atoms with E-state index in [0.717, 1.165) is 11.1 Å². The van der Waals surface area contributed by atoms with Crippen LogP contribution in [0.2, 0.25) is 5.02 Å². The van der Waals surface area contributed by atoms with E-state index >= 15 is 0 Å². The average Bonchev–Trinajstić information content (AvgIpc) is 3.62. The number of aromatic nitrogens is 3. The largest absolute Gasteiger partial charge is 0.492 e. The van der Waals surface area contributed by atoms with Crippen molar-refractivity contribution in [2.24, 2.45) is 5.92 Å². The molecule has 1 fully saturated rings. The van der Waals surface area contributed by atoms with Crippen molar-refractivity contribution in [1.29, 1.82) is 0 Å². The number of hydrogen-bond donors (Lipinski definition) is 1. The number of carbonyl (C=O) groups excluding carboxylic acids is 1. The summed E-state index contributed by atoms with van der Waals surface area (Å²) in [5, 5.41) is 11.5. The maximum absolute atomic E-state index is 12.7. The van der Waals surface area contributed by atoms with Gasteiger partial charge >= 0.3 is 0 Å². The second-order valence-corrected chi connectivity index (χ2v) is 8.45. The Hall–Kier alpha value is -3.19. The number of rotatable bonds is 9. The molecule has 1 aromatic carbocycles. The van der Waals surface area contributed by atoms with Crippen molar-refractivity contribution in [1.82, 2.24) is 20.5 Å². The summed E-state index contributed by atoms with van der Waals surface area (Å²) in [6.45, 7) is 4.83. The van der Waals surface area contributed by atoms with Crippen molar-refractivity contribution in [3.8, 4) is 22.9 Å². The van der Waals surface area contributed by atoms with Gasteiger partial charge in [0.25, 0.3) is 5.91 Å². The van der Waals surface area contributed by atoms with Crippen LogP contribution < -0.4 is 14.8 Å². The van der Waals surface area contributed by atoms with Crippen LogP contribution in [0.25, 0.3) is 11.3 Å². The van der Waals surface area contributed by atoms with Gasteiger partial charge in [0.1, 0.15) is 5.75 Å². The molecule has 2 heterocycles. The van der Waals surface area contributed by atoms with Crippen LogP contribution in [-0.2, 0) is 6.54 Å². The minimum Gasteiger partial charge on any atom is -0.492 e. The Morgan fingerprint density at radius 2 is 2.09 bits per heavy atom. The lowest BCUT2D eigenvalue weighted by Gasteiger charge is -2.13. The van der Waals surface area contributed by atoms with Gasteiger partial charge in [-0.05, 0) is 62.9 Å². The molecule has 0 aliphatic heterocycles. The Bertz CT molecular complexity index is 1100. The van der Waals surface area contributed by atoms with E-state index in [1.165, 1.54) is 19.0 Å². The lowest BCUT2D eigenvalue weighted by Crippen LogP contribution is -2.24. The van der Waals surface area contributed by atoms with Gasteiger partial charge < -0.3 is 14.8 Å². The van der Waals surface area contributed by atoms with Crippen molar-refractivity contribution < 1.29 is 14.3 Å². The fourth-order valence-electron chi connectivity index (χ4n) is 3.07. The number of hydrogen-bond acceptors (Lipinski definition) is 6. The molecule has 0 bridgehead atoms. The first-order chi connectivity index (χ1) is 15.5. The van der Waals surface area contributed by atoms with E-state index in [0.29, 0.717) is 40.4 Å². The number of benzene rings is 1. The van der Waals surface area contributed by atoms with Gasteiger partial charge in [-0.25, -0.2) is 4.98 Å². The zero-order valence-corrected chi connectivity index (χ0v) is 18.8. The van der Waals surface area contributed by atoms with E-state index in [-0.39, 0.29) is 18.6 Å². The Morgan fingerprint density at radius 3 is 2.84 bits per heavy atom. The smallest absolute Gasteiger partial charge is 0.253 e. The molecule has 1 aliphatic carbocycles. The monoisotopic (exact) mass is 452 g/mol. The molecule has 3 aromatic rings. The van der Waals surface area contributed by atoms with Crippen molar-refractivity contribution >= 4 is 17.5 Å². The Kier molecular flexibility index (Phi) is 6.85. The zero-order valence-electron chi connectivity index (χ0n) is 18.0. The summed E-state index contributed by atoms with van der Waals surface area (Å²) >= 11 is 6.38. The van der Waals surface area contributed by atoms with E-state index in [4.69, 9.17) is 21.1 Å². The SMILES string of the molecule is CC(C)Oc1ncccc1CNC(=O)c1cnnc(-c2ccc(OCC3CC3)c(Cl)c2)c1. The molecule has 8 heteroatoms. The molecule has 0 saturated heterocycles. The molecule has 7 nitrogen and oxygen atoms in total. The molecule has 1 saturated carbocycles. The third-order valence-corrected chi connectivity index (χ3v) is 5.25. The minimum absolute atomic E-state index is 0.0105. The highest BCUT2D eigenvalue weighted by Gasteiger charge is 2.22. The summed E-state index contributed by atoms with van der Waals surface area (Å²) in [7, 11) is 0. The number of carbonyl (C=O) groups is 1. The third kappa shape index (κ3) is 5.73. The molecular weight excluding hydrogens is 428 g/mol. The van der Waals surface area contributed by atoms with Gasteiger partial charge in [-0.15, -0.1) is 0 Å². The first-order valence-electron chi connectivity index (χ1n) is 10.6.